The molecule has 5 heteroatoms. The van der Waals surface area contributed by atoms with Crippen molar-refractivity contribution in [1.82, 2.24) is 4.90 Å². The predicted molar refractivity (Wildman–Crippen MR) is 79.1 cm³/mol. The fourth-order valence-corrected chi connectivity index (χ4v) is 1.85. The summed E-state index contributed by atoms with van der Waals surface area (Å²) in [6.45, 7) is 5.47. The highest BCUT2D eigenvalue weighted by molar-refractivity contribution is 5.93. The first-order valence-electron chi connectivity index (χ1n) is 6.69. The van der Waals surface area contributed by atoms with E-state index in [0.29, 0.717) is 6.42 Å². The van der Waals surface area contributed by atoms with Gasteiger partial charge in [-0.2, -0.15) is 0 Å². The van der Waals surface area contributed by atoms with Gasteiger partial charge in [-0.3, -0.25) is 9.69 Å². The first kappa shape index (κ1) is 16.0. The maximum absolute atomic E-state index is 12.5. The molecule has 0 aliphatic carbocycles. The van der Waals surface area contributed by atoms with E-state index in [1.165, 1.54) is 9.80 Å². The predicted octanol–water partition coefficient (Wildman–Crippen LogP) is 2.74. The first-order chi connectivity index (χ1) is 9.36. The standard InChI is InChI=1S/C15H22N2O3/c1-5-12(3)17(10-14(18)19)15(20)16(4)13-8-6-11(2)7-9-13/h6-9,12H,5,10H2,1-4H3,(H,18,19). The number of amides is 2. The molecule has 0 aliphatic heterocycles. The summed E-state index contributed by atoms with van der Waals surface area (Å²) >= 11 is 0. The SMILES string of the molecule is CCC(C)N(CC(=O)O)C(=O)N(C)c1ccc(C)cc1. The molecule has 0 heterocycles. The Balaban J connectivity index is 2.93. The van der Waals surface area contributed by atoms with Crippen LogP contribution in [0.3, 0.4) is 0 Å². The number of benzene rings is 1. The molecule has 1 atom stereocenters. The number of carboxylic acids is 1. The number of hydrogen-bond donors (Lipinski definition) is 1. The number of anilines is 1. The molecule has 110 valence electrons. The average Bonchev–Trinajstić information content (AvgIpc) is 2.43. The van der Waals surface area contributed by atoms with Crippen LogP contribution in [0.5, 0.6) is 0 Å². The zero-order valence-corrected chi connectivity index (χ0v) is 12.5. The molecule has 1 N–H and O–H groups in total. The lowest BCUT2D eigenvalue weighted by atomic mass is 10.2. The van der Waals surface area contributed by atoms with Crippen LogP contribution in [0.2, 0.25) is 0 Å². The molecule has 0 fully saturated rings. The molecule has 1 unspecified atom stereocenters. The topological polar surface area (TPSA) is 60.9 Å². The van der Waals surface area contributed by atoms with E-state index in [-0.39, 0.29) is 18.6 Å². The Morgan fingerprint density at radius 3 is 2.25 bits per heavy atom. The molecule has 0 spiro atoms. The normalized spacial score (nSPS) is 11.8. The molecule has 1 aromatic carbocycles. The van der Waals surface area contributed by atoms with Gasteiger partial charge < -0.3 is 10.0 Å². The van der Waals surface area contributed by atoms with Crippen molar-refractivity contribution in [1.29, 1.82) is 0 Å². The Hall–Kier alpha value is -2.04. The third-order valence-corrected chi connectivity index (χ3v) is 3.38. The van der Waals surface area contributed by atoms with E-state index in [1.807, 2.05) is 45.0 Å². The summed E-state index contributed by atoms with van der Waals surface area (Å²) in [5, 5.41) is 8.95. The highest BCUT2D eigenvalue weighted by atomic mass is 16.4. The van der Waals surface area contributed by atoms with Gasteiger partial charge in [-0.1, -0.05) is 24.6 Å². The van der Waals surface area contributed by atoms with Gasteiger partial charge in [0.25, 0.3) is 0 Å². The van der Waals surface area contributed by atoms with E-state index in [2.05, 4.69) is 0 Å². The highest BCUT2D eigenvalue weighted by Gasteiger charge is 2.25. The summed E-state index contributed by atoms with van der Waals surface area (Å²) in [6, 6.07) is 7.12. The summed E-state index contributed by atoms with van der Waals surface area (Å²) in [5.41, 5.74) is 1.86. The molecule has 1 rings (SSSR count). The van der Waals surface area contributed by atoms with Crippen LogP contribution in [-0.4, -0.2) is 41.6 Å². The largest absolute Gasteiger partial charge is 0.480 e. The number of hydrogen-bond acceptors (Lipinski definition) is 2. The van der Waals surface area contributed by atoms with Crippen molar-refractivity contribution >= 4 is 17.7 Å². The Bertz CT molecular complexity index is 471. The number of aryl methyl sites for hydroxylation is 1. The molecule has 5 nitrogen and oxygen atoms in total. The monoisotopic (exact) mass is 278 g/mol. The van der Waals surface area contributed by atoms with E-state index in [0.717, 1.165) is 11.3 Å². The van der Waals surface area contributed by atoms with Gasteiger partial charge >= 0.3 is 12.0 Å². The number of aliphatic carboxylic acids is 1. The lowest BCUT2D eigenvalue weighted by Gasteiger charge is -2.31. The van der Waals surface area contributed by atoms with E-state index in [4.69, 9.17) is 5.11 Å². The van der Waals surface area contributed by atoms with Crippen LogP contribution < -0.4 is 4.90 Å². The molecule has 0 radical (unpaired) electrons. The summed E-state index contributed by atoms with van der Waals surface area (Å²) in [5.74, 6) is -1.00. The summed E-state index contributed by atoms with van der Waals surface area (Å²) in [6.07, 6.45) is 0.709. The Labute approximate surface area is 119 Å². The number of carbonyl (C=O) groups is 2. The second kappa shape index (κ2) is 6.93. The van der Waals surface area contributed by atoms with E-state index in [9.17, 15) is 9.59 Å². The summed E-state index contributed by atoms with van der Waals surface area (Å²) in [4.78, 5) is 26.2. The minimum absolute atomic E-state index is 0.119. The molecular weight excluding hydrogens is 256 g/mol. The number of carboxylic acid groups (broad SMARTS) is 1. The third kappa shape index (κ3) is 3.98. The summed E-state index contributed by atoms with van der Waals surface area (Å²) in [7, 11) is 1.66. The molecule has 0 saturated heterocycles. The molecule has 2 amide bonds. The van der Waals surface area contributed by atoms with Crippen molar-refractivity contribution in [2.75, 3.05) is 18.5 Å². The number of nitrogens with zero attached hydrogens (tertiary/aromatic N) is 2. The van der Waals surface area contributed by atoms with Crippen LogP contribution in [0.1, 0.15) is 25.8 Å². The van der Waals surface area contributed by atoms with Crippen molar-refractivity contribution in [3.8, 4) is 0 Å². The van der Waals surface area contributed by atoms with Gasteiger partial charge in [0.2, 0.25) is 0 Å². The molecule has 0 saturated carbocycles. The lowest BCUT2D eigenvalue weighted by molar-refractivity contribution is -0.138. The second-order valence-corrected chi connectivity index (χ2v) is 4.96. The van der Waals surface area contributed by atoms with Gasteiger partial charge in [0.1, 0.15) is 6.54 Å². The van der Waals surface area contributed by atoms with Crippen molar-refractivity contribution < 1.29 is 14.7 Å². The van der Waals surface area contributed by atoms with Crippen molar-refractivity contribution in [3.05, 3.63) is 29.8 Å². The average molecular weight is 278 g/mol. The van der Waals surface area contributed by atoms with Gasteiger partial charge in [-0.15, -0.1) is 0 Å². The van der Waals surface area contributed by atoms with Crippen molar-refractivity contribution in [3.63, 3.8) is 0 Å². The van der Waals surface area contributed by atoms with E-state index in [1.54, 1.807) is 7.05 Å². The highest BCUT2D eigenvalue weighted by Crippen LogP contribution is 2.17. The van der Waals surface area contributed by atoms with Crippen molar-refractivity contribution in [2.24, 2.45) is 0 Å². The van der Waals surface area contributed by atoms with Crippen molar-refractivity contribution in [2.45, 2.75) is 33.2 Å². The zero-order valence-electron chi connectivity index (χ0n) is 12.5. The Morgan fingerprint density at radius 2 is 1.80 bits per heavy atom. The lowest BCUT2D eigenvalue weighted by Crippen LogP contribution is -2.48. The minimum atomic E-state index is -1.00. The van der Waals surface area contributed by atoms with Gasteiger partial charge in [-0.05, 0) is 32.4 Å². The molecule has 0 aromatic heterocycles. The minimum Gasteiger partial charge on any atom is -0.480 e. The van der Waals surface area contributed by atoms with Crippen LogP contribution in [0.15, 0.2) is 24.3 Å². The van der Waals surface area contributed by atoms with Crippen LogP contribution in [-0.2, 0) is 4.79 Å². The Kier molecular flexibility index (Phi) is 5.55. The molecule has 1 aromatic rings. The summed E-state index contributed by atoms with van der Waals surface area (Å²) < 4.78 is 0. The molecule has 20 heavy (non-hydrogen) atoms. The van der Waals surface area contributed by atoms with E-state index < -0.39 is 5.97 Å². The third-order valence-electron chi connectivity index (χ3n) is 3.38. The van der Waals surface area contributed by atoms with Gasteiger partial charge in [0, 0.05) is 18.8 Å². The second-order valence-electron chi connectivity index (χ2n) is 4.96. The fraction of sp³-hybridized carbons (Fsp3) is 0.467. The number of rotatable bonds is 5. The zero-order chi connectivity index (χ0) is 15.3. The Morgan fingerprint density at radius 1 is 1.25 bits per heavy atom. The molecule has 0 aliphatic rings. The maximum atomic E-state index is 12.5. The molecule has 0 bridgehead atoms. The van der Waals surface area contributed by atoms with Crippen LogP contribution in [0, 0.1) is 6.92 Å². The first-order valence-corrected chi connectivity index (χ1v) is 6.69. The number of carbonyl (C=O) groups excluding carboxylic acids is 1. The van der Waals surface area contributed by atoms with E-state index >= 15 is 0 Å². The fourth-order valence-electron chi connectivity index (χ4n) is 1.85. The van der Waals surface area contributed by atoms with Crippen LogP contribution >= 0.6 is 0 Å². The molecular formula is C15H22N2O3. The quantitative estimate of drug-likeness (QED) is 0.901. The smallest absolute Gasteiger partial charge is 0.324 e. The van der Waals surface area contributed by atoms with Gasteiger partial charge in [0.15, 0.2) is 0 Å². The van der Waals surface area contributed by atoms with Gasteiger partial charge in [-0.25, -0.2) is 4.79 Å². The van der Waals surface area contributed by atoms with Gasteiger partial charge in [0.05, 0.1) is 0 Å². The maximum Gasteiger partial charge on any atom is 0.324 e. The van der Waals surface area contributed by atoms with Crippen LogP contribution in [0.25, 0.3) is 0 Å². The number of urea groups is 1. The van der Waals surface area contributed by atoms with Crippen LogP contribution in [0.4, 0.5) is 10.5 Å².